The fourth-order valence-corrected chi connectivity index (χ4v) is 6.47. The Morgan fingerprint density at radius 2 is 1.94 bits per heavy atom. The van der Waals surface area contributed by atoms with Gasteiger partial charge in [0.15, 0.2) is 6.10 Å². The standard InChI is InChI=1S/C28H44O8/c1-7-9-22(31)34-20(8-2)26(32)36-28(6)13-12-21-27(5,33)14-19(30)23-16(3)10-11-18(17(4)15-29)24(23)25(28)35-21/h17-18,20-21,23-25,29,33H,3,7-15H2,1-2,4-6H3/t17-,18+,20+,21+,23+,24+,25+,27+,28+/m0/s1. The molecule has 204 valence electrons. The second kappa shape index (κ2) is 11.3. The number of aliphatic hydroxyl groups excluding tert-OH is 1. The lowest BCUT2D eigenvalue weighted by Gasteiger charge is -2.56. The Hall–Kier alpha value is -1.77. The van der Waals surface area contributed by atoms with Crippen molar-refractivity contribution in [3.63, 3.8) is 0 Å². The highest BCUT2D eigenvalue weighted by Crippen LogP contribution is 2.52. The number of aliphatic hydroxyl groups is 2. The van der Waals surface area contributed by atoms with E-state index in [-0.39, 0.29) is 49.4 Å². The quantitative estimate of drug-likeness (QED) is 0.378. The van der Waals surface area contributed by atoms with Crippen LogP contribution in [0, 0.1) is 23.7 Å². The summed E-state index contributed by atoms with van der Waals surface area (Å²) in [7, 11) is 0. The van der Waals surface area contributed by atoms with Gasteiger partial charge in [0.2, 0.25) is 0 Å². The van der Waals surface area contributed by atoms with Gasteiger partial charge in [0.25, 0.3) is 0 Å². The summed E-state index contributed by atoms with van der Waals surface area (Å²) in [6.45, 7) is 13.2. The first-order valence-corrected chi connectivity index (χ1v) is 13.5. The third kappa shape index (κ3) is 5.70. The van der Waals surface area contributed by atoms with Crippen LogP contribution >= 0.6 is 0 Å². The summed E-state index contributed by atoms with van der Waals surface area (Å²) < 4.78 is 18.1. The van der Waals surface area contributed by atoms with Crippen LogP contribution in [0.5, 0.6) is 0 Å². The number of ketones is 1. The number of hydrogen-bond acceptors (Lipinski definition) is 8. The molecule has 1 saturated carbocycles. The summed E-state index contributed by atoms with van der Waals surface area (Å²) in [5, 5.41) is 21.2. The zero-order valence-electron chi connectivity index (χ0n) is 22.5. The first-order valence-electron chi connectivity index (χ1n) is 13.5. The predicted molar refractivity (Wildman–Crippen MR) is 133 cm³/mol. The van der Waals surface area contributed by atoms with E-state index >= 15 is 0 Å². The Balaban J connectivity index is 2.00. The lowest BCUT2D eigenvalue weighted by atomic mass is 9.57. The largest absolute Gasteiger partial charge is 0.454 e. The first kappa shape index (κ1) is 28.8. The lowest BCUT2D eigenvalue weighted by molar-refractivity contribution is -0.259. The SMILES string of the molecule is C=C1CC[C@H]([C@@H](C)CO)[C@@H]2[C@H]1C(=O)C[C@@](C)(O)[C@H]1CC[C@@](C)(OC(=O)[C@@H](CC)OC(=O)CCC)[C@@H]2O1. The van der Waals surface area contributed by atoms with Crippen LogP contribution in [0.15, 0.2) is 12.2 Å². The van der Waals surface area contributed by atoms with Crippen LogP contribution in [0.4, 0.5) is 0 Å². The molecule has 9 atom stereocenters. The number of rotatable bonds is 8. The van der Waals surface area contributed by atoms with Gasteiger partial charge in [0.05, 0.1) is 11.7 Å². The average Bonchev–Trinajstić information content (AvgIpc) is 2.80. The molecule has 2 N–H and O–H groups in total. The molecule has 2 saturated heterocycles. The maximum absolute atomic E-state index is 13.6. The van der Waals surface area contributed by atoms with Crippen LogP contribution in [0.25, 0.3) is 0 Å². The number of Topliss-reactive ketones (excluding diaryl/α,β-unsaturated/α-hetero) is 1. The Morgan fingerprint density at radius 3 is 2.56 bits per heavy atom. The van der Waals surface area contributed by atoms with Crippen LogP contribution in [-0.2, 0) is 28.6 Å². The van der Waals surface area contributed by atoms with Crippen molar-refractivity contribution in [1.29, 1.82) is 0 Å². The maximum Gasteiger partial charge on any atom is 0.348 e. The first-order chi connectivity index (χ1) is 16.9. The molecule has 8 nitrogen and oxygen atoms in total. The van der Waals surface area contributed by atoms with E-state index in [0.29, 0.717) is 25.7 Å². The molecule has 0 aromatic rings. The Morgan fingerprint density at radius 1 is 1.25 bits per heavy atom. The number of carbonyl (C=O) groups excluding carboxylic acids is 3. The monoisotopic (exact) mass is 508 g/mol. The third-order valence-corrected chi connectivity index (χ3v) is 8.57. The molecule has 2 heterocycles. The molecule has 3 rings (SSSR count). The van der Waals surface area contributed by atoms with Crippen molar-refractivity contribution in [2.75, 3.05) is 6.61 Å². The highest BCUT2D eigenvalue weighted by atomic mass is 16.6. The minimum atomic E-state index is -1.36. The van der Waals surface area contributed by atoms with Gasteiger partial charge in [-0.3, -0.25) is 9.59 Å². The van der Waals surface area contributed by atoms with E-state index < -0.39 is 47.4 Å². The van der Waals surface area contributed by atoms with Crippen LogP contribution in [0.2, 0.25) is 0 Å². The molecule has 0 radical (unpaired) electrons. The number of ether oxygens (including phenoxy) is 3. The number of allylic oxidation sites excluding steroid dienone is 1. The second-order valence-corrected chi connectivity index (χ2v) is 11.5. The molecular formula is C28H44O8. The van der Waals surface area contributed by atoms with Crippen molar-refractivity contribution in [3.8, 4) is 0 Å². The summed E-state index contributed by atoms with van der Waals surface area (Å²) in [6, 6.07) is 0. The Kier molecular flexibility index (Phi) is 9.05. The van der Waals surface area contributed by atoms with Gasteiger partial charge in [-0.05, 0) is 64.2 Å². The normalized spacial score (nSPS) is 38.2. The number of carbonyl (C=O) groups is 3. The highest BCUT2D eigenvalue weighted by molar-refractivity contribution is 5.85. The van der Waals surface area contributed by atoms with Crippen LogP contribution in [-0.4, -0.2) is 64.1 Å². The molecule has 0 aromatic carbocycles. The van der Waals surface area contributed by atoms with Crippen LogP contribution in [0.1, 0.15) is 86.0 Å². The van der Waals surface area contributed by atoms with Gasteiger partial charge in [-0.15, -0.1) is 0 Å². The van der Waals surface area contributed by atoms with E-state index in [1.165, 1.54) is 0 Å². The topological polar surface area (TPSA) is 119 Å². The van der Waals surface area contributed by atoms with E-state index in [1.54, 1.807) is 13.8 Å². The number of esters is 2. The van der Waals surface area contributed by atoms with Crippen molar-refractivity contribution < 1.29 is 38.8 Å². The van der Waals surface area contributed by atoms with Gasteiger partial charge in [-0.2, -0.15) is 0 Å². The van der Waals surface area contributed by atoms with Crippen LogP contribution < -0.4 is 0 Å². The highest BCUT2D eigenvalue weighted by Gasteiger charge is 2.59. The minimum absolute atomic E-state index is 0.0351. The summed E-state index contributed by atoms with van der Waals surface area (Å²) in [5.41, 5.74) is -1.67. The predicted octanol–water partition coefficient (Wildman–Crippen LogP) is 3.51. The molecule has 3 fully saturated rings. The fourth-order valence-electron chi connectivity index (χ4n) is 6.47. The van der Waals surface area contributed by atoms with Gasteiger partial charge in [0.1, 0.15) is 17.5 Å². The smallest absolute Gasteiger partial charge is 0.348 e. The van der Waals surface area contributed by atoms with E-state index in [4.69, 9.17) is 14.2 Å². The van der Waals surface area contributed by atoms with E-state index in [1.807, 2.05) is 20.8 Å². The van der Waals surface area contributed by atoms with Crippen molar-refractivity contribution in [3.05, 3.63) is 12.2 Å². The molecule has 0 aromatic heterocycles. The zero-order chi connectivity index (χ0) is 26.8. The van der Waals surface area contributed by atoms with E-state index in [2.05, 4.69) is 6.58 Å². The molecule has 0 unspecified atom stereocenters. The fraction of sp³-hybridized carbons (Fsp3) is 0.821. The minimum Gasteiger partial charge on any atom is -0.454 e. The summed E-state index contributed by atoms with van der Waals surface area (Å²) >= 11 is 0. The average molecular weight is 509 g/mol. The summed E-state index contributed by atoms with van der Waals surface area (Å²) in [5.74, 6) is -2.23. The van der Waals surface area contributed by atoms with E-state index in [9.17, 15) is 24.6 Å². The molecule has 8 heteroatoms. The number of fused-ring (bicyclic) bond motifs is 4. The molecular weight excluding hydrogens is 464 g/mol. The van der Waals surface area contributed by atoms with Crippen LogP contribution in [0.3, 0.4) is 0 Å². The molecule has 36 heavy (non-hydrogen) atoms. The summed E-state index contributed by atoms with van der Waals surface area (Å²) in [4.78, 5) is 38.9. The molecule has 0 amide bonds. The molecule has 2 bridgehead atoms. The van der Waals surface area contributed by atoms with E-state index in [0.717, 1.165) is 12.0 Å². The van der Waals surface area contributed by atoms with Gasteiger partial charge >= 0.3 is 11.9 Å². The molecule has 0 spiro atoms. The molecule has 2 aliphatic heterocycles. The van der Waals surface area contributed by atoms with Crippen molar-refractivity contribution in [2.24, 2.45) is 23.7 Å². The van der Waals surface area contributed by atoms with Gasteiger partial charge in [-0.25, -0.2) is 4.79 Å². The Bertz CT molecular complexity index is 850. The third-order valence-electron chi connectivity index (χ3n) is 8.57. The lowest BCUT2D eigenvalue weighted by Crippen LogP contribution is -2.64. The Labute approximate surface area is 214 Å². The van der Waals surface area contributed by atoms with Crippen molar-refractivity contribution in [2.45, 2.75) is 115 Å². The summed E-state index contributed by atoms with van der Waals surface area (Å²) in [6.07, 6.45) is 0.993. The van der Waals surface area contributed by atoms with Gasteiger partial charge in [-0.1, -0.05) is 32.9 Å². The number of hydrogen-bond donors (Lipinski definition) is 2. The van der Waals surface area contributed by atoms with Gasteiger partial charge < -0.3 is 24.4 Å². The molecule has 3 aliphatic rings. The van der Waals surface area contributed by atoms with Crippen molar-refractivity contribution >= 4 is 17.7 Å². The van der Waals surface area contributed by atoms with Crippen molar-refractivity contribution in [1.82, 2.24) is 0 Å². The maximum atomic E-state index is 13.6. The molecule has 1 aliphatic carbocycles. The van der Waals surface area contributed by atoms with Gasteiger partial charge in [0, 0.05) is 31.3 Å². The second-order valence-electron chi connectivity index (χ2n) is 11.5. The zero-order valence-corrected chi connectivity index (χ0v) is 22.5.